The van der Waals surface area contributed by atoms with E-state index in [1.54, 1.807) is 23.5 Å². The summed E-state index contributed by atoms with van der Waals surface area (Å²) < 4.78 is 13.9. The van der Waals surface area contributed by atoms with Gasteiger partial charge in [-0.15, -0.1) is 11.3 Å². The van der Waals surface area contributed by atoms with Crippen LogP contribution in [0.5, 0.6) is 0 Å². The maximum absolute atomic E-state index is 13.9. The van der Waals surface area contributed by atoms with Crippen molar-refractivity contribution in [1.29, 1.82) is 0 Å². The first-order chi connectivity index (χ1) is 10.2. The second-order valence-corrected chi connectivity index (χ2v) is 6.67. The van der Waals surface area contributed by atoms with Crippen molar-refractivity contribution >= 4 is 22.9 Å². The number of thiophene rings is 1. The summed E-state index contributed by atoms with van der Waals surface area (Å²) in [5.74, 6) is -0.221. The van der Waals surface area contributed by atoms with Crippen molar-refractivity contribution in [2.45, 2.75) is 39.2 Å². The van der Waals surface area contributed by atoms with Crippen LogP contribution in [0.25, 0.3) is 10.4 Å². The molecule has 1 atom stereocenters. The molecule has 114 valence electrons. The Balaban J connectivity index is 2.24. The molecule has 0 saturated carbocycles. The second-order valence-electron chi connectivity index (χ2n) is 5.12. The van der Waals surface area contributed by atoms with E-state index in [9.17, 15) is 4.39 Å². The van der Waals surface area contributed by atoms with Gasteiger partial charge in [-0.1, -0.05) is 31.9 Å². The van der Waals surface area contributed by atoms with Gasteiger partial charge in [-0.05, 0) is 49.7 Å². The molecule has 0 bridgehead atoms. The molecule has 0 radical (unpaired) electrons. The first kappa shape index (κ1) is 16.5. The van der Waals surface area contributed by atoms with E-state index in [1.165, 1.54) is 10.9 Å². The van der Waals surface area contributed by atoms with Crippen LogP contribution in [0.15, 0.2) is 30.3 Å². The Morgan fingerprint density at radius 3 is 2.71 bits per heavy atom. The van der Waals surface area contributed by atoms with Gasteiger partial charge in [0.05, 0.1) is 0 Å². The van der Waals surface area contributed by atoms with Gasteiger partial charge in [-0.25, -0.2) is 4.39 Å². The minimum absolute atomic E-state index is 0.221. The predicted molar refractivity (Wildman–Crippen MR) is 90.7 cm³/mol. The van der Waals surface area contributed by atoms with E-state index in [0.29, 0.717) is 16.6 Å². The summed E-state index contributed by atoms with van der Waals surface area (Å²) in [6.45, 7) is 5.35. The summed E-state index contributed by atoms with van der Waals surface area (Å²) in [6, 6.07) is 9.15. The Hall–Kier alpha value is -0.900. The van der Waals surface area contributed by atoms with Crippen molar-refractivity contribution in [2.24, 2.45) is 0 Å². The van der Waals surface area contributed by atoms with Crippen LogP contribution in [0, 0.1) is 5.82 Å². The van der Waals surface area contributed by atoms with Crippen LogP contribution >= 0.6 is 22.9 Å². The molecule has 0 saturated heterocycles. The van der Waals surface area contributed by atoms with E-state index in [4.69, 9.17) is 11.6 Å². The predicted octanol–water partition coefficient (Wildman–Crippen LogP) is 6.05. The van der Waals surface area contributed by atoms with Gasteiger partial charge < -0.3 is 5.32 Å². The molecule has 1 aromatic heterocycles. The molecule has 0 spiro atoms. The van der Waals surface area contributed by atoms with Crippen LogP contribution in [-0.2, 0) is 0 Å². The first-order valence-corrected chi connectivity index (χ1v) is 8.63. The summed E-state index contributed by atoms with van der Waals surface area (Å²) in [6.07, 6.45) is 3.33. The van der Waals surface area contributed by atoms with Crippen molar-refractivity contribution in [1.82, 2.24) is 5.32 Å². The molecule has 2 rings (SSSR count). The Morgan fingerprint density at radius 2 is 2.00 bits per heavy atom. The Labute approximate surface area is 135 Å². The minimum Gasteiger partial charge on any atom is -0.309 e. The molecular weight excluding hydrogens is 305 g/mol. The molecule has 1 N–H and O–H groups in total. The fourth-order valence-corrected chi connectivity index (χ4v) is 3.63. The van der Waals surface area contributed by atoms with Crippen LogP contribution in [0.3, 0.4) is 0 Å². The molecule has 0 aliphatic heterocycles. The monoisotopic (exact) mass is 325 g/mol. The topological polar surface area (TPSA) is 12.0 Å². The second kappa shape index (κ2) is 7.92. The fraction of sp³-hybridized carbons (Fsp3) is 0.412. The zero-order valence-corrected chi connectivity index (χ0v) is 14.0. The van der Waals surface area contributed by atoms with Crippen molar-refractivity contribution in [3.8, 4) is 10.4 Å². The Morgan fingerprint density at radius 1 is 1.19 bits per heavy atom. The summed E-state index contributed by atoms with van der Waals surface area (Å²) in [5.41, 5.74) is 0.587. The zero-order chi connectivity index (χ0) is 15.2. The summed E-state index contributed by atoms with van der Waals surface area (Å²) in [4.78, 5) is 2.20. The van der Waals surface area contributed by atoms with Crippen LogP contribution in [0.1, 0.15) is 44.0 Å². The molecular formula is C17H21ClFNS. The highest BCUT2D eigenvalue weighted by Crippen LogP contribution is 2.35. The highest BCUT2D eigenvalue weighted by molar-refractivity contribution is 7.15. The van der Waals surface area contributed by atoms with E-state index in [1.807, 2.05) is 6.07 Å². The highest BCUT2D eigenvalue weighted by Gasteiger charge is 2.14. The molecule has 1 heterocycles. The third-order valence-corrected chi connectivity index (χ3v) is 4.85. The van der Waals surface area contributed by atoms with Crippen LogP contribution in [-0.4, -0.2) is 6.54 Å². The average molecular weight is 326 g/mol. The standard InChI is InChI=1S/C17H21ClFNS/c1-3-5-15(20-10-4-2)17-9-8-16(21-17)13-11-12(18)6-7-14(13)19/h6-9,11,15,20H,3-5,10H2,1-2H3. The van der Waals surface area contributed by atoms with E-state index in [2.05, 4.69) is 25.2 Å². The third-order valence-electron chi connectivity index (χ3n) is 3.38. The number of halogens is 2. The molecule has 1 aromatic carbocycles. The number of benzene rings is 1. The normalized spacial score (nSPS) is 12.6. The van der Waals surface area contributed by atoms with E-state index >= 15 is 0 Å². The van der Waals surface area contributed by atoms with Gasteiger partial charge in [0.25, 0.3) is 0 Å². The number of hydrogen-bond donors (Lipinski definition) is 1. The maximum Gasteiger partial charge on any atom is 0.131 e. The summed E-state index contributed by atoms with van der Waals surface area (Å²) in [7, 11) is 0. The van der Waals surface area contributed by atoms with Gasteiger partial charge in [0.1, 0.15) is 5.82 Å². The van der Waals surface area contributed by atoms with Gasteiger partial charge in [-0.3, -0.25) is 0 Å². The fourth-order valence-electron chi connectivity index (χ4n) is 2.32. The quantitative estimate of drug-likeness (QED) is 0.653. The number of nitrogens with one attached hydrogen (secondary N) is 1. The molecule has 0 aliphatic rings. The lowest BCUT2D eigenvalue weighted by Crippen LogP contribution is -2.21. The largest absolute Gasteiger partial charge is 0.309 e. The summed E-state index contributed by atoms with van der Waals surface area (Å²) >= 11 is 7.63. The molecule has 1 nitrogen and oxygen atoms in total. The SMILES string of the molecule is CCCNC(CCC)c1ccc(-c2cc(Cl)ccc2F)s1. The van der Waals surface area contributed by atoms with Crippen molar-refractivity contribution in [3.05, 3.63) is 46.0 Å². The van der Waals surface area contributed by atoms with Gasteiger partial charge in [0.15, 0.2) is 0 Å². The van der Waals surface area contributed by atoms with Crippen LogP contribution in [0.4, 0.5) is 4.39 Å². The molecule has 4 heteroatoms. The van der Waals surface area contributed by atoms with Gasteiger partial charge in [0, 0.05) is 26.4 Å². The van der Waals surface area contributed by atoms with Gasteiger partial charge >= 0.3 is 0 Å². The maximum atomic E-state index is 13.9. The highest BCUT2D eigenvalue weighted by atomic mass is 35.5. The number of rotatable bonds is 7. The van der Waals surface area contributed by atoms with Gasteiger partial charge in [-0.2, -0.15) is 0 Å². The lowest BCUT2D eigenvalue weighted by atomic mass is 10.1. The Kier molecular flexibility index (Phi) is 6.22. The van der Waals surface area contributed by atoms with Crippen molar-refractivity contribution in [3.63, 3.8) is 0 Å². The van der Waals surface area contributed by atoms with Crippen LogP contribution < -0.4 is 5.32 Å². The van der Waals surface area contributed by atoms with E-state index in [-0.39, 0.29) is 5.82 Å². The smallest absolute Gasteiger partial charge is 0.131 e. The Bertz CT molecular complexity index is 582. The average Bonchev–Trinajstić information content (AvgIpc) is 2.95. The molecule has 1 unspecified atom stereocenters. The van der Waals surface area contributed by atoms with E-state index < -0.39 is 0 Å². The van der Waals surface area contributed by atoms with Crippen molar-refractivity contribution in [2.75, 3.05) is 6.54 Å². The minimum atomic E-state index is -0.221. The van der Waals surface area contributed by atoms with Crippen LogP contribution in [0.2, 0.25) is 5.02 Å². The van der Waals surface area contributed by atoms with Crippen molar-refractivity contribution < 1.29 is 4.39 Å². The zero-order valence-electron chi connectivity index (χ0n) is 12.5. The first-order valence-electron chi connectivity index (χ1n) is 7.44. The lowest BCUT2D eigenvalue weighted by molar-refractivity contribution is 0.501. The molecule has 2 aromatic rings. The molecule has 0 amide bonds. The number of hydrogen-bond acceptors (Lipinski definition) is 2. The third kappa shape index (κ3) is 4.29. The molecule has 0 aliphatic carbocycles. The lowest BCUT2D eigenvalue weighted by Gasteiger charge is -2.16. The van der Waals surface area contributed by atoms with E-state index in [0.717, 1.165) is 30.7 Å². The van der Waals surface area contributed by atoms with Gasteiger partial charge in [0.2, 0.25) is 0 Å². The molecule has 0 fully saturated rings. The molecule has 21 heavy (non-hydrogen) atoms. The summed E-state index contributed by atoms with van der Waals surface area (Å²) in [5, 5.41) is 4.13.